The first-order valence-corrected chi connectivity index (χ1v) is 7.32. The first-order valence-electron chi connectivity index (χ1n) is 7.32. The molecule has 2 aromatic rings. The number of nitrogens with zero attached hydrogens (tertiary/aromatic N) is 5. The number of hydrogen-bond donors (Lipinski definition) is 0. The molecule has 3 rings (SSSR count). The van der Waals surface area contributed by atoms with Crippen LogP contribution in [-0.2, 0) is 24.8 Å². The topological polar surface area (TPSA) is 56.1 Å². The molecule has 1 saturated heterocycles. The van der Waals surface area contributed by atoms with Crippen molar-refractivity contribution in [3.05, 3.63) is 42.5 Å². The fourth-order valence-corrected chi connectivity index (χ4v) is 2.68. The third-order valence-electron chi connectivity index (χ3n) is 3.81. The molecule has 0 aromatic carbocycles. The molecule has 112 valence electrons. The molecule has 3 heterocycles. The molecule has 0 unspecified atom stereocenters. The van der Waals surface area contributed by atoms with Crippen LogP contribution in [0.2, 0.25) is 0 Å². The van der Waals surface area contributed by atoms with Crippen LogP contribution in [0.5, 0.6) is 0 Å². The Labute approximate surface area is 124 Å². The molecule has 6 nitrogen and oxygen atoms in total. The van der Waals surface area contributed by atoms with Gasteiger partial charge in [-0.1, -0.05) is 0 Å². The summed E-state index contributed by atoms with van der Waals surface area (Å²) in [5.74, 6) is 1.33. The molecular weight excluding hydrogens is 266 g/mol. The van der Waals surface area contributed by atoms with E-state index < -0.39 is 0 Å². The van der Waals surface area contributed by atoms with Crippen LogP contribution in [0.3, 0.4) is 0 Å². The molecule has 0 N–H and O–H groups in total. The van der Waals surface area contributed by atoms with E-state index in [1.54, 1.807) is 12.4 Å². The third kappa shape index (κ3) is 3.86. The van der Waals surface area contributed by atoms with Gasteiger partial charge in [0.05, 0.1) is 25.2 Å². The van der Waals surface area contributed by atoms with Crippen LogP contribution in [0.1, 0.15) is 11.5 Å². The maximum atomic E-state index is 5.74. The van der Waals surface area contributed by atoms with E-state index in [1.807, 2.05) is 25.6 Å². The van der Waals surface area contributed by atoms with E-state index in [0.29, 0.717) is 5.92 Å². The summed E-state index contributed by atoms with van der Waals surface area (Å²) < 4.78 is 7.81. The van der Waals surface area contributed by atoms with E-state index in [-0.39, 0.29) is 0 Å². The Balaban J connectivity index is 1.62. The van der Waals surface area contributed by atoms with Crippen molar-refractivity contribution in [1.29, 1.82) is 0 Å². The Bertz CT molecular complexity index is 556. The number of ether oxygens (including phenoxy) is 1. The monoisotopic (exact) mass is 287 g/mol. The molecule has 0 radical (unpaired) electrons. The maximum Gasteiger partial charge on any atom is 0.128 e. The van der Waals surface area contributed by atoms with Gasteiger partial charge in [-0.25, -0.2) is 15.0 Å². The highest BCUT2D eigenvalue weighted by atomic mass is 16.5. The fourth-order valence-electron chi connectivity index (χ4n) is 2.68. The zero-order valence-corrected chi connectivity index (χ0v) is 12.4. The van der Waals surface area contributed by atoms with Crippen LogP contribution in [0.4, 0.5) is 0 Å². The second-order valence-corrected chi connectivity index (χ2v) is 5.54. The average Bonchev–Trinajstić information content (AvgIpc) is 2.76. The van der Waals surface area contributed by atoms with E-state index in [2.05, 4.69) is 24.4 Å². The highest BCUT2D eigenvalue weighted by Gasteiger charge is 2.20. The lowest BCUT2D eigenvalue weighted by atomic mass is 10.1. The molecule has 1 aliphatic heterocycles. The molecule has 1 atom stereocenters. The lowest BCUT2D eigenvalue weighted by Gasteiger charge is -2.22. The molecule has 6 heteroatoms. The van der Waals surface area contributed by atoms with Gasteiger partial charge in [0.1, 0.15) is 5.82 Å². The van der Waals surface area contributed by atoms with Gasteiger partial charge in [-0.05, 0) is 6.07 Å². The van der Waals surface area contributed by atoms with Gasteiger partial charge in [-0.15, -0.1) is 0 Å². The highest BCUT2D eigenvalue weighted by molar-refractivity contribution is 4.98. The Morgan fingerprint density at radius 3 is 2.95 bits per heavy atom. The van der Waals surface area contributed by atoms with E-state index in [4.69, 9.17) is 4.74 Å². The van der Waals surface area contributed by atoms with Gasteiger partial charge in [0.2, 0.25) is 0 Å². The summed E-state index contributed by atoms with van der Waals surface area (Å²) in [6.45, 7) is 4.43. The normalized spacial score (nSPS) is 20.3. The van der Waals surface area contributed by atoms with Gasteiger partial charge in [0.15, 0.2) is 0 Å². The molecule has 0 aliphatic carbocycles. The Morgan fingerprint density at radius 2 is 2.19 bits per heavy atom. The highest BCUT2D eigenvalue weighted by Crippen LogP contribution is 2.13. The van der Waals surface area contributed by atoms with E-state index in [0.717, 1.165) is 45.1 Å². The largest absolute Gasteiger partial charge is 0.380 e. The van der Waals surface area contributed by atoms with Crippen molar-refractivity contribution in [3.63, 3.8) is 0 Å². The average molecular weight is 287 g/mol. The molecule has 0 spiro atoms. The van der Waals surface area contributed by atoms with Crippen molar-refractivity contribution in [2.45, 2.75) is 13.0 Å². The van der Waals surface area contributed by atoms with Crippen molar-refractivity contribution in [2.24, 2.45) is 13.0 Å². The molecule has 21 heavy (non-hydrogen) atoms. The number of imidazole rings is 1. The summed E-state index contributed by atoms with van der Waals surface area (Å²) in [7, 11) is 2.03. The summed E-state index contributed by atoms with van der Waals surface area (Å²) in [5.41, 5.74) is 1.23. The predicted octanol–water partition coefficient (Wildman–Crippen LogP) is 0.901. The standard InChI is InChI=1S/C15H21N5O/c1-19-12-16-8-14(19)10-20-5-6-21-11-13(9-20)7-15-17-3-2-4-18-15/h2-4,8,12-13H,5-7,9-11H2,1H3/t13-/m0/s1. The molecule has 0 bridgehead atoms. The van der Waals surface area contributed by atoms with Crippen molar-refractivity contribution >= 4 is 0 Å². The first-order chi connectivity index (χ1) is 10.3. The summed E-state index contributed by atoms with van der Waals surface area (Å²) in [6, 6.07) is 1.85. The minimum absolute atomic E-state index is 0.433. The molecule has 2 aromatic heterocycles. The van der Waals surface area contributed by atoms with Crippen LogP contribution < -0.4 is 0 Å². The third-order valence-corrected chi connectivity index (χ3v) is 3.81. The number of aromatic nitrogens is 4. The quantitative estimate of drug-likeness (QED) is 0.836. The van der Waals surface area contributed by atoms with Crippen LogP contribution in [0.15, 0.2) is 31.0 Å². The number of hydrogen-bond acceptors (Lipinski definition) is 5. The first kappa shape index (κ1) is 14.2. The predicted molar refractivity (Wildman–Crippen MR) is 78.5 cm³/mol. The van der Waals surface area contributed by atoms with Crippen LogP contribution in [0, 0.1) is 5.92 Å². The molecule has 0 saturated carbocycles. The Kier molecular flexibility index (Phi) is 4.57. The van der Waals surface area contributed by atoms with Gasteiger partial charge in [-0.2, -0.15) is 0 Å². The van der Waals surface area contributed by atoms with Crippen molar-refractivity contribution < 1.29 is 4.74 Å². The van der Waals surface area contributed by atoms with Gasteiger partial charge >= 0.3 is 0 Å². The van der Waals surface area contributed by atoms with E-state index in [9.17, 15) is 0 Å². The van der Waals surface area contributed by atoms with Crippen LogP contribution in [-0.4, -0.2) is 50.7 Å². The zero-order valence-electron chi connectivity index (χ0n) is 12.4. The minimum atomic E-state index is 0.433. The fraction of sp³-hybridized carbons (Fsp3) is 0.533. The molecule has 1 fully saturated rings. The summed E-state index contributed by atoms with van der Waals surface area (Å²) in [4.78, 5) is 15.2. The minimum Gasteiger partial charge on any atom is -0.380 e. The molecule has 1 aliphatic rings. The molecular formula is C15H21N5O. The summed E-state index contributed by atoms with van der Waals surface area (Å²) >= 11 is 0. The Morgan fingerprint density at radius 1 is 1.33 bits per heavy atom. The second kappa shape index (κ2) is 6.78. The second-order valence-electron chi connectivity index (χ2n) is 5.54. The van der Waals surface area contributed by atoms with E-state index >= 15 is 0 Å². The SMILES string of the molecule is Cn1cncc1CN1CCOC[C@@H](Cc2ncccn2)C1. The van der Waals surface area contributed by atoms with E-state index in [1.165, 1.54) is 5.69 Å². The van der Waals surface area contributed by atoms with Crippen molar-refractivity contribution in [1.82, 2.24) is 24.4 Å². The zero-order chi connectivity index (χ0) is 14.5. The van der Waals surface area contributed by atoms with Crippen LogP contribution in [0.25, 0.3) is 0 Å². The number of aryl methyl sites for hydroxylation is 1. The van der Waals surface area contributed by atoms with Gasteiger partial charge in [0.25, 0.3) is 0 Å². The number of rotatable bonds is 4. The van der Waals surface area contributed by atoms with Gasteiger partial charge < -0.3 is 9.30 Å². The summed E-state index contributed by atoms with van der Waals surface area (Å²) in [6.07, 6.45) is 8.24. The lowest BCUT2D eigenvalue weighted by Crippen LogP contribution is -2.31. The summed E-state index contributed by atoms with van der Waals surface area (Å²) in [5, 5.41) is 0. The van der Waals surface area contributed by atoms with Crippen molar-refractivity contribution in [2.75, 3.05) is 26.3 Å². The van der Waals surface area contributed by atoms with Crippen LogP contribution >= 0.6 is 0 Å². The Hall–Kier alpha value is -1.79. The maximum absolute atomic E-state index is 5.74. The van der Waals surface area contributed by atoms with Crippen molar-refractivity contribution in [3.8, 4) is 0 Å². The van der Waals surface area contributed by atoms with Gasteiger partial charge in [0, 0.05) is 57.6 Å². The molecule has 0 amide bonds. The van der Waals surface area contributed by atoms with Gasteiger partial charge in [-0.3, -0.25) is 4.90 Å². The smallest absolute Gasteiger partial charge is 0.128 e. The lowest BCUT2D eigenvalue weighted by molar-refractivity contribution is 0.121.